The summed E-state index contributed by atoms with van der Waals surface area (Å²) in [5.41, 5.74) is 0. The molecule has 2 aliphatic heterocycles. The molecule has 0 unspecified atom stereocenters. The zero-order valence-electron chi connectivity index (χ0n) is 5.74. The third-order valence-electron chi connectivity index (χ3n) is 2.58. The van der Waals surface area contributed by atoms with Crippen LogP contribution in [0.4, 0.5) is 8.78 Å². The van der Waals surface area contributed by atoms with Crippen molar-refractivity contribution in [1.82, 2.24) is 5.32 Å². The van der Waals surface area contributed by atoms with Crippen LogP contribution in [-0.2, 0) is 0 Å². The maximum atomic E-state index is 12.8. The van der Waals surface area contributed by atoms with Gasteiger partial charge < -0.3 is 5.32 Å². The van der Waals surface area contributed by atoms with Crippen molar-refractivity contribution in [2.45, 2.75) is 43.7 Å². The minimum absolute atomic E-state index is 0.0926. The van der Waals surface area contributed by atoms with Crippen LogP contribution in [0.3, 0.4) is 0 Å². The Balaban J connectivity index is 2.14. The van der Waals surface area contributed by atoms with Crippen molar-refractivity contribution >= 4 is 0 Å². The summed E-state index contributed by atoms with van der Waals surface area (Å²) < 4.78 is 25.7. The fourth-order valence-electron chi connectivity index (χ4n) is 1.92. The van der Waals surface area contributed by atoms with Gasteiger partial charge in [-0.1, -0.05) is 0 Å². The van der Waals surface area contributed by atoms with Gasteiger partial charge in [0.1, 0.15) is 0 Å². The molecule has 2 rings (SSSR count). The van der Waals surface area contributed by atoms with Crippen molar-refractivity contribution in [2.24, 2.45) is 0 Å². The third-order valence-corrected chi connectivity index (χ3v) is 2.58. The fourth-order valence-corrected chi connectivity index (χ4v) is 1.92. The van der Waals surface area contributed by atoms with Gasteiger partial charge in [-0.15, -0.1) is 0 Å². The average molecular weight is 147 g/mol. The van der Waals surface area contributed by atoms with Gasteiger partial charge in [0.2, 0.25) is 0 Å². The Hall–Kier alpha value is -0.180. The van der Waals surface area contributed by atoms with Crippen LogP contribution in [-0.4, -0.2) is 18.0 Å². The lowest BCUT2D eigenvalue weighted by molar-refractivity contribution is -0.0549. The van der Waals surface area contributed by atoms with E-state index in [1.54, 1.807) is 0 Å². The van der Waals surface area contributed by atoms with Crippen LogP contribution in [0.2, 0.25) is 0 Å². The molecule has 2 heterocycles. The number of alkyl halides is 2. The second-order valence-electron chi connectivity index (χ2n) is 3.29. The minimum atomic E-state index is -2.42. The molecule has 3 heteroatoms. The Labute approximate surface area is 58.8 Å². The van der Waals surface area contributed by atoms with Crippen molar-refractivity contribution in [2.75, 3.05) is 0 Å². The van der Waals surface area contributed by atoms with Crippen molar-refractivity contribution in [3.8, 4) is 0 Å². The topological polar surface area (TPSA) is 12.0 Å². The summed E-state index contributed by atoms with van der Waals surface area (Å²) in [4.78, 5) is 0. The lowest BCUT2D eigenvalue weighted by Crippen LogP contribution is -2.48. The minimum Gasteiger partial charge on any atom is -0.306 e. The maximum absolute atomic E-state index is 12.8. The van der Waals surface area contributed by atoms with Crippen LogP contribution in [0.1, 0.15) is 25.7 Å². The van der Waals surface area contributed by atoms with E-state index in [9.17, 15) is 8.78 Å². The number of halogens is 2. The summed E-state index contributed by atoms with van der Waals surface area (Å²) in [5, 5.41) is 2.93. The molecule has 0 spiro atoms. The molecular weight excluding hydrogens is 136 g/mol. The number of piperidine rings is 1. The van der Waals surface area contributed by atoms with Crippen LogP contribution >= 0.6 is 0 Å². The highest BCUT2D eigenvalue weighted by Gasteiger charge is 2.47. The fraction of sp³-hybridized carbons (Fsp3) is 1.00. The highest BCUT2D eigenvalue weighted by atomic mass is 19.3. The van der Waals surface area contributed by atoms with Crippen molar-refractivity contribution in [1.29, 1.82) is 0 Å². The lowest BCUT2D eigenvalue weighted by Gasteiger charge is -2.29. The molecule has 0 amide bonds. The first kappa shape index (κ1) is 6.53. The molecule has 2 atom stereocenters. The molecule has 2 saturated heterocycles. The van der Waals surface area contributed by atoms with E-state index >= 15 is 0 Å². The molecule has 58 valence electrons. The predicted octanol–water partition coefficient (Wildman–Crippen LogP) is 1.54. The Morgan fingerprint density at radius 2 is 2.00 bits per heavy atom. The first-order valence-electron chi connectivity index (χ1n) is 3.82. The number of hydrogen-bond acceptors (Lipinski definition) is 1. The predicted molar refractivity (Wildman–Crippen MR) is 34.1 cm³/mol. The Bertz CT molecular complexity index is 147. The molecule has 10 heavy (non-hydrogen) atoms. The van der Waals surface area contributed by atoms with Gasteiger partial charge in [0.25, 0.3) is 5.92 Å². The van der Waals surface area contributed by atoms with E-state index in [0.29, 0.717) is 18.9 Å². The van der Waals surface area contributed by atoms with Crippen molar-refractivity contribution in [3.63, 3.8) is 0 Å². The Morgan fingerprint density at radius 3 is 2.70 bits per heavy atom. The van der Waals surface area contributed by atoms with Gasteiger partial charge in [0.05, 0.1) is 6.04 Å². The van der Waals surface area contributed by atoms with E-state index in [2.05, 4.69) is 5.32 Å². The van der Waals surface area contributed by atoms with Crippen molar-refractivity contribution < 1.29 is 8.78 Å². The van der Waals surface area contributed by atoms with Crippen LogP contribution in [0, 0.1) is 0 Å². The SMILES string of the molecule is FC1(F)CC[C@H]2CC[C@@H]1N2. The van der Waals surface area contributed by atoms with Gasteiger partial charge in [0, 0.05) is 12.5 Å². The molecule has 0 aromatic carbocycles. The quantitative estimate of drug-likeness (QED) is 0.548. The zero-order valence-corrected chi connectivity index (χ0v) is 5.74. The lowest BCUT2D eigenvalue weighted by atomic mass is 10.0. The normalized spacial score (nSPS) is 43.8. The molecule has 0 aromatic rings. The second-order valence-corrected chi connectivity index (χ2v) is 3.29. The largest absolute Gasteiger partial charge is 0.306 e. The van der Waals surface area contributed by atoms with Crippen LogP contribution in [0.25, 0.3) is 0 Å². The molecular formula is C7H11F2N. The Kier molecular flexibility index (Phi) is 1.24. The molecule has 0 aliphatic carbocycles. The van der Waals surface area contributed by atoms with Gasteiger partial charge in [-0.2, -0.15) is 0 Å². The van der Waals surface area contributed by atoms with E-state index in [0.717, 1.165) is 6.42 Å². The monoisotopic (exact) mass is 147 g/mol. The first-order valence-corrected chi connectivity index (χ1v) is 3.82. The van der Waals surface area contributed by atoms with Gasteiger partial charge in [0.15, 0.2) is 0 Å². The van der Waals surface area contributed by atoms with Gasteiger partial charge >= 0.3 is 0 Å². The summed E-state index contributed by atoms with van der Waals surface area (Å²) >= 11 is 0. The average Bonchev–Trinajstić information content (AvgIpc) is 2.26. The van der Waals surface area contributed by atoms with Gasteiger partial charge in [-0.25, -0.2) is 8.78 Å². The summed E-state index contributed by atoms with van der Waals surface area (Å²) in [7, 11) is 0. The van der Waals surface area contributed by atoms with E-state index in [-0.39, 0.29) is 6.42 Å². The van der Waals surface area contributed by atoms with Crippen LogP contribution in [0.5, 0.6) is 0 Å². The van der Waals surface area contributed by atoms with E-state index in [1.165, 1.54) is 0 Å². The maximum Gasteiger partial charge on any atom is 0.263 e. The second kappa shape index (κ2) is 1.91. The summed E-state index contributed by atoms with van der Waals surface area (Å²) in [6.07, 6.45) is 2.36. The highest BCUT2D eigenvalue weighted by Crippen LogP contribution is 2.37. The van der Waals surface area contributed by atoms with E-state index < -0.39 is 12.0 Å². The molecule has 1 nitrogen and oxygen atoms in total. The molecule has 2 bridgehead atoms. The van der Waals surface area contributed by atoms with Crippen molar-refractivity contribution in [3.05, 3.63) is 0 Å². The van der Waals surface area contributed by atoms with Gasteiger partial charge in [-0.3, -0.25) is 0 Å². The highest BCUT2D eigenvalue weighted by molar-refractivity contribution is 4.97. The number of fused-ring (bicyclic) bond motifs is 2. The number of hydrogen-bond donors (Lipinski definition) is 1. The van der Waals surface area contributed by atoms with E-state index in [1.807, 2.05) is 0 Å². The molecule has 1 N–H and O–H groups in total. The molecule has 2 fully saturated rings. The molecule has 2 aliphatic rings. The smallest absolute Gasteiger partial charge is 0.263 e. The van der Waals surface area contributed by atoms with E-state index in [4.69, 9.17) is 0 Å². The summed E-state index contributed by atoms with van der Waals surface area (Å²) in [6.45, 7) is 0. The van der Waals surface area contributed by atoms with Crippen LogP contribution < -0.4 is 5.32 Å². The standard InChI is InChI=1S/C7H11F2N/c8-7(9)4-3-5-1-2-6(7)10-5/h5-6,10H,1-4H2/t5-,6+/m1/s1. The third kappa shape index (κ3) is 0.839. The first-order chi connectivity index (χ1) is 4.68. The van der Waals surface area contributed by atoms with Crippen LogP contribution in [0.15, 0.2) is 0 Å². The van der Waals surface area contributed by atoms with Gasteiger partial charge in [-0.05, 0) is 19.3 Å². The summed E-state index contributed by atoms with van der Waals surface area (Å²) in [5.74, 6) is -2.42. The zero-order chi connectivity index (χ0) is 7.19. The number of rotatable bonds is 0. The Morgan fingerprint density at radius 1 is 1.20 bits per heavy atom. The molecule has 0 radical (unpaired) electrons. The number of nitrogens with one attached hydrogen (secondary N) is 1. The molecule has 0 aromatic heterocycles. The molecule has 0 saturated carbocycles. The summed E-state index contributed by atoms with van der Waals surface area (Å²) in [6, 6.07) is -0.115.